The van der Waals surface area contributed by atoms with Crippen molar-refractivity contribution in [3.05, 3.63) is 29.6 Å². The van der Waals surface area contributed by atoms with Gasteiger partial charge in [0.25, 0.3) is 0 Å². The van der Waals surface area contributed by atoms with Crippen LogP contribution in [0.3, 0.4) is 0 Å². The van der Waals surface area contributed by atoms with Crippen LogP contribution in [0.2, 0.25) is 0 Å². The monoisotopic (exact) mass is 361 g/mol. The van der Waals surface area contributed by atoms with E-state index in [1.807, 2.05) is 11.0 Å². The molecule has 1 aliphatic carbocycles. The summed E-state index contributed by atoms with van der Waals surface area (Å²) in [5, 5.41) is 3.39. The Labute approximate surface area is 154 Å². The number of methoxy groups -OCH3 is 1. The zero-order valence-electron chi connectivity index (χ0n) is 15.5. The maximum Gasteiger partial charge on any atom is 0.226 e. The second-order valence-electron chi connectivity index (χ2n) is 7.94. The lowest BCUT2D eigenvalue weighted by molar-refractivity contribution is -0.135. The van der Waals surface area contributed by atoms with Gasteiger partial charge in [-0.2, -0.15) is 0 Å². The smallest absolute Gasteiger partial charge is 0.226 e. The van der Waals surface area contributed by atoms with Crippen molar-refractivity contribution in [3.8, 4) is 5.75 Å². The van der Waals surface area contributed by atoms with E-state index in [0.717, 1.165) is 64.1 Å². The topological polar surface area (TPSA) is 44.8 Å². The van der Waals surface area contributed by atoms with Crippen LogP contribution in [0.15, 0.2) is 18.2 Å². The number of ether oxygens (including phenoxy) is 1. The van der Waals surface area contributed by atoms with E-state index >= 15 is 0 Å². The van der Waals surface area contributed by atoms with Gasteiger partial charge in [0.05, 0.1) is 7.11 Å². The number of rotatable bonds is 4. The van der Waals surface area contributed by atoms with Crippen molar-refractivity contribution in [1.82, 2.24) is 15.1 Å². The average Bonchev–Trinajstić information content (AvgIpc) is 3.35. The number of nitrogens with zero attached hydrogens (tertiary/aromatic N) is 2. The van der Waals surface area contributed by atoms with E-state index in [1.54, 1.807) is 12.1 Å². The van der Waals surface area contributed by atoms with Crippen LogP contribution < -0.4 is 10.1 Å². The lowest BCUT2D eigenvalue weighted by Crippen LogP contribution is -2.49. The van der Waals surface area contributed by atoms with Crippen molar-refractivity contribution in [3.63, 3.8) is 0 Å². The summed E-state index contributed by atoms with van der Waals surface area (Å²) in [5.41, 5.74) is 1.25. The standard InChI is InChI=1S/C20H28FN3O2/c1-26-18-3-2-15(12-17(18)21)14-23-8-10-24(11-9-23)19(25)16-13-20(16)4-6-22-7-5-20/h2-3,12,16,22H,4-11,13-14H2,1H3/t16-/m1/s1. The summed E-state index contributed by atoms with van der Waals surface area (Å²) in [4.78, 5) is 17.2. The van der Waals surface area contributed by atoms with Gasteiger partial charge in [-0.05, 0) is 55.5 Å². The third-order valence-corrected chi connectivity index (χ3v) is 6.39. The third kappa shape index (κ3) is 3.45. The zero-order chi connectivity index (χ0) is 18.1. The largest absolute Gasteiger partial charge is 0.494 e. The Bertz CT molecular complexity index is 667. The maximum atomic E-state index is 13.8. The fourth-order valence-corrected chi connectivity index (χ4v) is 4.59. The second-order valence-corrected chi connectivity index (χ2v) is 7.94. The molecule has 0 aromatic heterocycles. The summed E-state index contributed by atoms with van der Waals surface area (Å²) in [5.74, 6) is 0.578. The molecule has 26 heavy (non-hydrogen) atoms. The minimum absolute atomic E-state index is 0.256. The molecular formula is C20H28FN3O2. The molecule has 4 rings (SSSR count). The number of piperazine rings is 1. The fraction of sp³-hybridized carbons (Fsp3) is 0.650. The Kier molecular flexibility index (Phi) is 4.88. The number of carbonyl (C=O) groups excluding carboxylic acids is 1. The van der Waals surface area contributed by atoms with Crippen LogP contribution in [0.5, 0.6) is 5.75 Å². The fourth-order valence-electron chi connectivity index (χ4n) is 4.59. The van der Waals surface area contributed by atoms with Crippen molar-refractivity contribution in [2.75, 3.05) is 46.4 Å². The van der Waals surface area contributed by atoms with E-state index in [9.17, 15) is 9.18 Å². The number of hydrogen-bond acceptors (Lipinski definition) is 4. The molecule has 1 spiro atoms. The van der Waals surface area contributed by atoms with Gasteiger partial charge in [0.2, 0.25) is 5.91 Å². The van der Waals surface area contributed by atoms with Crippen LogP contribution in [0.1, 0.15) is 24.8 Å². The lowest BCUT2D eigenvalue weighted by Gasteiger charge is -2.35. The quantitative estimate of drug-likeness (QED) is 0.889. The SMILES string of the molecule is COc1ccc(CN2CCN(C(=O)[C@H]3CC34CCNCC4)CC2)cc1F. The molecule has 3 fully saturated rings. The number of hydrogen-bond donors (Lipinski definition) is 1. The van der Waals surface area contributed by atoms with Crippen LogP contribution in [0.25, 0.3) is 0 Å². The number of carbonyl (C=O) groups is 1. The van der Waals surface area contributed by atoms with E-state index in [0.29, 0.717) is 17.9 Å². The van der Waals surface area contributed by atoms with Gasteiger partial charge in [-0.1, -0.05) is 6.07 Å². The number of benzene rings is 1. The number of piperidine rings is 1. The third-order valence-electron chi connectivity index (χ3n) is 6.39. The Morgan fingerprint density at radius 2 is 2.00 bits per heavy atom. The van der Waals surface area contributed by atoms with Crippen LogP contribution >= 0.6 is 0 Å². The molecule has 0 radical (unpaired) electrons. The van der Waals surface area contributed by atoms with Crippen molar-refractivity contribution in [2.24, 2.45) is 11.3 Å². The summed E-state index contributed by atoms with van der Waals surface area (Å²) >= 11 is 0. The maximum absolute atomic E-state index is 13.8. The van der Waals surface area contributed by atoms with Gasteiger partial charge < -0.3 is 15.0 Å². The minimum Gasteiger partial charge on any atom is -0.494 e. The van der Waals surface area contributed by atoms with Crippen molar-refractivity contribution in [1.29, 1.82) is 0 Å². The molecule has 6 heteroatoms. The highest BCUT2D eigenvalue weighted by atomic mass is 19.1. The molecule has 2 heterocycles. The van der Waals surface area contributed by atoms with E-state index < -0.39 is 0 Å². The average molecular weight is 361 g/mol. The molecule has 0 bridgehead atoms. The Morgan fingerprint density at radius 1 is 1.27 bits per heavy atom. The molecule has 1 N–H and O–H groups in total. The Hall–Kier alpha value is -1.66. The van der Waals surface area contributed by atoms with Crippen molar-refractivity contribution < 1.29 is 13.9 Å². The molecule has 5 nitrogen and oxygen atoms in total. The van der Waals surface area contributed by atoms with Gasteiger partial charge in [0.15, 0.2) is 11.6 Å². The van der Waals surface area contributed by atoms with Crippen molar-refractivity contribution >= 4 is 5.91 Å². The number of amides is 1. The van der Waals surface area contributed by atoms with Gasteiger partial charge in [0.1, 0.15) is 0 Å². The van der Waals surface area contributed by atoms with Crippen molar-refractivity contribution in [2.45, 2.75) is 25.8 Å². The predicted octanol–water partition coefficient (Wildman–Crippen LogP) is 1.87. The van der Waals surface area contributed by atoms with Gasteiger partial charge in [-0.15, -0.1) is 0 Å². The highest BCUT2D eigenvalue weighted by Gasteiger charge is 2.58. The molecule has 142 valence electrons. The summed E-state index contributed by atoms with van der Waals surface area (Å²) < 4.78 is 18.8. The molecular weight excluding hydrogens is 333 g/mol. The van der Waals surface area contributed by atoms with E-state index in [-0.39, 0.29) is 17.5 Å². The van der Waals surface area contributed by atoms with Gasteiger partial charge in [-0.3, -0.25) is 9.69 Å². The minimum atomic E-state index is -0.320. The molecule has 2 saturated heterocycles. The first-order valence-electron chi connectivity index (χ1n) is 9.66. The summed E-state index contributed by atoms with van der Waals surface area (Å²) in [6.45, 7) is 6.07. The summed E-state index contributed by atoms with van der Waals surface area (Å²) in [6.07, 6.45) is 3.37. The molecule has 0 unspecified atom stereocenters. The molecule has 1 atom stereocenters. The normalized spacial score (nSPS) is 25.3. The summed E-state index contributed by atoms with van der Waals surface area (Å²) in [6, 6.07) is 5.13. The zero-order valence-corrected chi connectivity index (χ0v) is 15.5. The van der Waals surface area contributed by atoms with Gasteiger partial charge in [-0.25, -0.2) is 4.39 Å². The van der Waals surface area contributed by atoms with E-state index in [1.165, 1.54) is 7.11 Å². The number of nitrogens with one attached hydrogen (secondary N) is 1. The molecule has 1 aromatic rings. The van der Waals surface area contributed by atoms with Crippen LogP contribution in [-0.4, -0.2) is 62.1 Å². The lowest BCUT2D eigenvalue weighted by atomic mass is 9.91. The second kappa shape index (κ2) is 7.16. The van der Waals surface area contributed by atoms with Gasteiger partial charge >= 0.3 is 0 Å². The Morgan fingerprint density at radius 3 is 2.65 bits per heavy atom. The molecule has 1 saturated carbocycles. The molecule has 1 aromatic carbocycles. The number of halogens is 1. The highest BCUT2D eigenvalue weighted by Crippen LogP contribution is 2.59. The van der Waals surface area contributed by atoms with E-state index in [2.05, 4.69) is 10.2 Å². The first-order valence-corrected chi connectivity index (χ1v) is 9.66. The molecule has 1 amide bonds. The van der Waals surface area contributed by atoms with Crippen LogP contribution in [0, 0.1) is 17.2 Å². The molecule has 2 aliphatic heterocycles. The summed E-state index contributed by atoms with van der Waals surface area (Å²) in [7, 11) is 1.47. The van der Waals surface area contributed by atoms with Crippen LogP contribution in [-0.2, 0) is 11.3 Å². The first kappa shape index (κ1) is 17.7. The van der Waals surface area contributed by atoms with E-state index in [4.69, 9.17) is 4.74 Å². The first-order chi connectivity index (χ1) is 12.6. The van der Waals surface area contributed by atoms with Crippen LogP contribution in [0.4, 0.5) is 4.39 Å². The van der Waals surface area contributed by atoms with Gasteiger partial charge in [0, 0.05) is 38.6 Å². The highest BCUT2D eigenvalue weighted by molar-refractivity contribution is 5.83. The predicted molar refractivity (Wildman–Crippen MR) is 97.5 cm³/mol. The Balaban J connectivity index is 1.28. The molecule has 3 aliphatic rings.